The lowest BCUT2D eigenvalue weighted by Crippen LogP contribution is -2.42. The number of hydrogen-bond donors (Lipinski definition) is 1. The summed E-state index contributed by atoms with van der Waals surface area (Å²) in [6.45, 7) is 9.92. The SMILES string of the molecule is CCc1nn(CC)c(CN2CCC(C)(O)CC2)c1Br. The molecule has 5 heteroatoms. The molecule has 0 amide bonds. The van der Waals surface area contributed by atoms with E-state index in [0.29, 0.717) is 0 Å². The van der Waals surface area contributed by atoms with Crippen LogP contribution >= 0.6 is 15.9 Å². The van der Waals surface area contributed by atoms with E-state index in [4.69, 9.17) is 0 Å². The molecule has 0 atom stereocenters. The molecular weight excluding hydrogens is 306 g/mol. The summed E-state index contributed by atoms with van der Waals surface area (Å²) < 4.78 is 3.25. The summed E-state index contributed by atoms with van der Waals surface area (Å²) in [5.41, 5.74) is 1.93. The van der Waals surface area contributed by atoms with E-state index in [-0.39, 0.29) is 0 Å². The van der Waals surface area contributed by atoms with Crippen LogP contribution in [0.3, 0.4) is 0 Å². The first-order valence-corrected chi connectivity index (χ1v) is 7.95. The second-order valence-electron chi connectivity index (χ2n) is 5.65. The molecule has 1 aromatic heterocycles. The van der Waals surface area contributed by atoms with Gasteiger partial charge in [-0.15, -0.1) is 0 Å². The van der Waals surface area contributed by atoms with Crippen molar-refractivity contribution in [3.05, 3.63) is 15.9 Å². The monoisotopic (exact) mass is 329 g/mol. The Morgan fingerprint density at radius 3 is 2.47 bits per heavy atom. The van der Waals surface area contributed by atoms with Crippen molar-refractivity contribution in [1.29, 1.82) is 0 Å². The molecule has 0 aliphatic carbocycles. The first-order chi connectivity index (χ1) is 8.96. The molecule has 2 rings (SSSR count). The van der Waals surface area contributed by atoms with Crippen molar-refractivity contribution in [1.82, 2.24) is 14.7 Å². The van der Waals surface area contributed by atoms with Gasteiger partial charge in [0.25, 0.3) is 0 Å². The molecular formula is C14H24BrN3O. The van der Waals surface area contributed by atoms with Crippen LogP contribution in [0.5, 0.6) is 0 Å². The van der Waals surface area contributed by atoms with Crippen molar-refractivity contribution >= 4 is 15.9 Å². The normalized spacial score (nSPS) is 19.8. The summed E-state index contributed by atoms with van der Waals surface area (Å²) in [7, 11) is 0. The third-order valence-corrected chi connectivity index (χ3v) is 4.92. The van der Waals surface area contributed by atoms with Gasteiger partial charge in [-0.3, -0.25) is 9.58 Å². The number of aliphatic hydroxyl groups is 1. The highest BCUT2D eigenvalue weighted by Crippen LogP contribution is 2.27. The number of halogens is 1. The summed E-state index contributed by atoms with van der Waals surface area (Å²) >= 11 is 3.69. The number of aryl methyl sites for hydroxylation is 2. The van der Waals surface area contributed by atoms with Gasteiger partial charge in [0.2, 0.25) is 0 Å². The second-order valence-corrected chi connectivity index (χ2v) is 6.44. The molecule has 0 saturated carbocycles. The van der Waals surface area contributed by atoms with Crippen molar-refractivity contribution in [2.24, 2.45) is 0 Å². The maximum Gasteiger partial charge on any atom is 0.0767 e. The second kappa shape index (κ2) is 5.94. The number of rotatable bonds is 4. The Morgan fingerprint density at radius 1 is 1.32 bits per heavy atom. The van der Waals surface area contributed by atoms with Crippen molar-refractivity contribution < 1.29 is 5.11 Å². The lowest BCUT2D eigenvalue weighted by molar-refractivity contribution is -0.00789. The maximum atomic E-state index is 10.0. The smallest absolute Gasteiger partial charge is 0.0767 e. The molecule has 0 radical (unpaired) electrons. The lowest BCUT2D eigenvalue weighted by atomic mass is 9.94. The Bertz CT molecular complexity index is 432. The Kier molecular flexibility index (Phi) is 4.69. The van der Waals surface area contributed by atoms with Crippen LogP contribution in [0.4, 0.5) is 0 Å². The minimum Gasteiger partial charge on any atom is -0.390 e. The lowest BCUT2D eigenvalue weighted by Gasteiger charge is -2.35. The van der Waals surface area contributed by atoms with Crippen LogP contribution < -0.4 is 0 Å². The van der Waals surface area contributed by atoms with Crippen LogP contribution in [0.15, 0.2) is 4.47 Å². The van der Waals surface area contributed by atoms with Gasteiger partial charge >= 0.3 is 0 Å². The highest BCUT2D eigenvalue weighted by molar-refractivity contribution is 9.10. The summed E-state index contributed by atoms with van der Waals surface area (Å²) in [5, 5.41) is 14.6. The molecule has 0 bridgehead atoms. The number of likely N-dealkylation sites (tertiary alicyclic amines) is 1. The Morgan fingerprint density at radius 2 is 1.95 bits per heavy atom. The van der Waals surface area contributed by atoms with E-state index in [9.17, 15) is 5.11 Å². The van der Waals surface area contributed by atoms with E-state index in [2.05, 4.69) is 44.5 Å². The quantitative estimate of drug-likeness (QED) is 0.923. The number of hydrogen-bond acceptors (Lipinski definition) is 3. The van der Waals surface area contributed by atoms with Crippen LogP contribution in [0.2, 0.25) is 0 Å². The molecule has 1 aliphatic heterocycles. The number of nitrogens with zero attached hydrogens (tertiary/aromatic N) is 3. The average Bonchev–Trinajstić information content (AvgIpc) is 2.68. The van der Waals surface area contributed by atoms with Crippen molar-refractivity contribution in [2.45, 2.75) is 58.7 Å². The van der Waals surface area contributed by atoms with Gasteiger partial charge < -0.3 is 5.11 Å². The minimum atomic E-state index is -0.479. The molecule has 1 aromatic rings. The first-order valence-electron chi connectivity index (χ1n) is 7.15. The maximum absolute atomic E-state index is 10.0. The molecule has 2 heterocycles. The third-order valence-electron chi connectivity index (χ3n) is 4.00. The predicted molar refractivity (Wildman–Crippen MR) is 80.1 cm³/mol. The molecule has 108 valence electrons. The molecule has 19 heavy (non-hydrogen) atoms. The molecule has 1 fully saturated rings. The predicted octanol–water partition coefficient (Wildman–Crippen LogP) is 2.57. The van der Waals surface area contributed by atoms with Gasteiger partial charge in [-0.1, -0.05) is 6.92 Å². The van der Waals surface area contributed by atoms with Crippen molar-refractivity contribution in [2.75, 3.05) is 13.1 Å². The standard InChI is InChI=1S/C14H24BrN3O/c1-4-11-13(15)12(18(5-2)16-11)10-17-8-6-14(3,19)7-9-17/h19H,4-10H2,1-3H3. The molecule has 0 aromatic carbocycles. The molecule has 0 spiro atoms. The van der Waals surface area contributed by atoms with E-state index in [0.717, 1.165) is 55.6 Å². The van der Waals surface area contributed by atoms with Gasteiger partial charge in [0.05, 0.1) is 21.5 Å². The van der Waals surface area contributed by atoms with Gasteiger partial charge in [0.15, 0.2) is 0 Å². The van der Waals surface area contributed by atoms with Gasteiger partial charge in [0.1, 0.15) is 0 Å². The average molecular weight is 330 g/mol. The molecule has 0 unspecified atom stereocenters. The van der Waals surface area contributed by atoms with Crippen LogP contribution in [0.25, 0.3) is 0 Å². The molecule has 1 N–H and O–H groups in total. The summed E-state index contributed by atoms with van der Waals surface area (Å²) in [6, 6.07) is 0. The van der Waals surface area contributed by atoms with E-state index >= 15 is 0 Å². The zero-order valence-corrected chi connectivity index (χ0v) is 13.7. The first kappa shape index (κ1) is 15.0. The van der Waals surface area contributed by atoms with Crippen molar-refractivity contribution in [3.63, 3.8) is 0 Å². The number of piperidine rings is 1. The van der Waals surface area contributed by atoms with Gasteiger partial charge in [-0.25, -0.2) is 0 Å². The van der Waals surface area contributed by atoms with Gasteiger partial charge in [-0.2, -0.15) is 5.10 Å². The third kappa shape index (κ3) is 3.38. The van der Waals surface area contributed by atoms with E-state index < -0.39 is 5.60 Å². The zero-order chi connectivity index (χ0) is 14.0. The topological polar surface area (TPSA) is 41.3 Å². The highest BCUT2D eigenvalue weighted by Gasteiger charge is 2.28. The van der Waals surface area contributed by atoms with Crippen LogP contribution in [-0.2, 0) is 19.5 Å². The van der Waals surface area contributed by atoms with Crippen LogP contribution in [-0.4, -0.2) is 38.5 Å². The minimum absolute atomic E-state index is 0.479. The zero-order valence-electron chi connectivity index (χ0n) is 12.1. The van der Waals surface area contributed by atoms with E-state index in [1.165, 1.54) is 5.69 Å². The van der Waals surface area contributed by atoms with Crippen molar-refractivity contribution in [3.8, 4) is 0 Å². The van der Waals surface area contributed by atoms with E-state index in [1.807, 2.05) is 6.92 Å². The largest absolute Gasteiger partial charge is 0.390 e. The highest BCUT2D eigenvalue weighted by atomic mass is 79.9. The Hall–Kier alpha value is -0.390. The number of aromatic nitrogens is 2. The fraction of sp³-hybridized carbons (Fsp3) is 0.786. The molecule has 1 saturated heterocycles. The van der Waals surface area contributed by atoms with Crippen LogP contribution in [0.1, 0.15) is 45.0 Å². The van der Waals surface area contributed by atoms with Crippen LogP contribution in [0, 0.1) is 0 Å². The van der Waals surface area contributed by atoms with E-state index in [1.54, 1.807) is 0 Å². The summed E-state index contributed by atoms with van der Waals surface area (Å²) in [6.07, 6.45) is 2.66. The molecule has 1 aliphatic rings. The summed E-state index contributed by atoms with van der Waals surface area (Å²) in [4.78, 5) is 2.41. The van der Waals surface area contributed by atoms with Gasteiger partial charge in [0, 0.05) is 26.2 Å². The Labute approximate surface area is 123 Å². The fourth-order valence-electron chi connectivity index (χ4n) is 2.57. The Balaban J connectivity index is 2.09. The molecule has 4 nitrogen and oxygen atoms in total. The summed E-state index contributed by atoms with van der Waals surface area (Å²) in [5.74, 6) is 0. The van der Waals surface area contributed by atoms with Gasteiger partial charge in [-0.05, 0) is 49.0 Å². The fourth-order valence-corrected chi connectivity index (χ4v) is 3.26.